The highest BCUT2D eigenvalue weighted by Gasteiger charge is 2.18. The van der Waals surface area contributed by atoms with Gasteiger partial charge in [0.1, 0.15) is 11.3 Å². The van der Waals surface area contributed by atoms with E-state index in [0.29, 0.717) is 5.69 Å². The second-order valence-corrected chi connectivity index (χ2v) is 2.69. The van der Waals surface area contributed by atoms with Crippen molar-refractivity contribution in [2.24, 2.45) is 0 Å². The molecular formula is C8H10BNO5. The van der Waals surface area contributed by atoms with Gasteiger partial charge in [-0.2, -0.15) is 0 Å². The number of ether oxygens (including phenoxy) is 1. The van der Waals surface area contributed by atoms with E-state index in [1.165, 1.54) is 25.3 Å². The van der Waals surface area contributed by atoms with Crippen LogP contribution in [0.4, 0.5) is 5.69 Å². The first-order valence-corrected chi connectivity index (χ1v) is 4.05. The quantitative estimate of drug-likeness (QED) is 0.350. The zero-order valence-electron chi connectivity index (χ0n) is 8.01. The summed E-state index contributed by atoms with van der Waals surface area (Å²) in [5.41, 5.74) is 5.84. The number of nitrogen functional groups attached to an aromatic ring is 1. The SMILES string of the molecule is COC(=O)c1cc(N)ccc1OB(O)O. The van der Waals surface area contributed by atoms with Crippen molar-refractivity contribution in [2.45, 2.75) is 0 Å². The number of methoxy groups -OCH3 is 1. The largest absolute Gasteiger partial charge is 0.707 e. The molecule has 0 radical (unpaired) electrons. The van der Waals surface area contributed by atoms with E-state index in [2.05, 4.69) is 9.39 Å². The second-order valence-electron chi connectivity index (χ2n) is 2.69. The third kappa shape index (κ3) is 2.86. The summed E-state index contributed by atoms with van der Waals surface area (Å²) in [6.45, 7) is 0. The van der Waals surface area contributed by atoms with E-state index in [1.807, 2.05) is 0 Å². The van der Waals surface area contributed by atoms with E-state index in [4.69, 9.17) is 15.8 Å². The smallest absolute Gasteiger partial charge is 0.511 e. The fourth-order valence-electron chi connectivity index (χ4n) is 1.03. The number of anilines is 1. The molecule has 4 N–H and O–H groups in total. The number of hydrogen-bond donors (Lipinski definition) is 3. The molecule has 0 aliphatic carbocycles. The molecule has 1 rings (SSSR count). The van der Waals surface area contributed by atoms with Gasteiger partial charge in [-0.15, -0.1) is 0 Å². The van der Waals surface area contributed by atoms with Gasteiger partial charge in [0.15, 0.2) is 0 Å². The van der Waals surface area contributed by atoms with Gasteiger partial charge in [-0.1, -0.05) is 0 Å². The minimum Gasteiger partial charge on any atom is -0.511 e. The Bertz CT molecular complexity index is 368. The Morgan fingerprint density at radius 3 is 2.67 bits per heavy atom. The molecule has 0 saturated carbocycles. The van der Waals surface area contributed by atoms with Crippen molar-refractivity contribution in [1.82, 2.24) is 0 Å². The van der Waals surface area contributed by atoms with Crippen LogP contribution in [0.1, 0.15) is 10.4 Å². The molecule has 0 unspecified atom stereocenters. The van der Waals surface area contributed by atoms with E-state index in [-0.39, 0.29) is 11.3 Å². The number of nitrogens with two attached hydrogens (primary N) is 1. The molecule has 1 aromatic carbocycles. The Hall–Kier alpha value is -1.73. The van der Waals surface area contributed by atoms with Crippen LogP contribution in [0.3, 0.4) is 0 Å². The lowest BCUT2D eigenvalue weighted by atomic mass is 10.1. The molecule has 0 spiro atoms. The molecular weight excluding hydrogens is 201 g/mol. The number of carbonyl (C=O) groups is 1. The summed E-state index contributed by atoms with van der Waals surface area (Å²) in [6, 6.07) is 4.13. The monoisotopic (exact) mass is 211 g/mol. The van der Waals surface area contributed by atoms with Crippen LogP contribution >= 0.6 is 0 Å². The maximum atomic E-state index is 11.2. The standard InChI is InChI=1S/C8H10BNO5/c1-14-8(11)6-4-5(10)2-3-7(6)15-9(12)13/h2-4,12-13H,10H2,1H3. The maximum Gasteiger partial charge on any atom is 0.707 e. The first-order chi connectivity index (χ1) is 7.04. The molecule has 0 heterocycles. The topological polar surface area (TPSA) is 102 Å². The third-order valence-corrected chi connectivity index (χ3v) is 1.64. The van der Waals surface area contributed by atoms with Crippen molar-refractivity contribution in [3.8, 4) is 5.75 Å². The van der Waals surface area contributed by atoms with Gasteiger partial charge in [0, 0.05) is 5.69 Å². The molecule has 0 saturated heterocycles. The second kappa shape index (κ2) is 4.67. The fourth-order valence-corrected chi connectivity index (χ4v) is 1.03. The molecule has 80 valence electrons. The average Bonchev–Trinajstić information content (AvgIpc) is 2.19. The summed E-state index contributed by atoms with van der Waals surface area (Å²) in [4.78, 5) is 11.2. The lowest BCUT2D eigenvalue weighted by molar-refractivity contribution is 0.0598. The van der Waals surface area contributed by atoms with Gasteiger partial charge < -0.3 is 25.2 Å². The number of benzene rings is 1. The highest BCUT2D eigenvalue weighted by atomic mass is 16.6. The van der Waals surface area contributed by atoms with Crippen LogP contribution in [0.15, 0.2) is 18.2 Å². The van der Waals surface area contributed by atoms with Crippen molar-refractivity contribution in [2.75, 3.05) is 12.8 Å². The van der Waals surface area contributed by atoms with Crippen molar-refractivity contribution in [3.05, 3.63) is 23.8 Å². The van der Waals surface area contributed by atoms with Gasteiger partial charge in [0.2, 0.25) is 0 Å². The normalized spacial score (nSPS) is 9.53. The van der Waals surface area contributed by atoms with E-state index >= 15 is 0 Å². The summed E-state index contributed by atoms with van der Waals surface area (Å²) in [6.07, 6.45) is 0. The Kier molecular flexibility index (Phi) is 3.54. The van der Waals surface area contributed by atoms with Crippen molar-refractivity contribution < 1.29 is 24.2 Å². The molecule has 15 heavy (non-hydrogen) atoms. The highest BCUT2D eigenvalue weighted by molar-refractivity contribution is 6.34. The van der Waals surface area contributed by atoms with Crippen molar-refractivity contribution in [3.63, 3.8) is 0 Å². The Morgan fingerprint density at radius 1 is 1.47 bits per heavy atom. The zero-order chi connectivity index (χ0) is 11.4. The molecule has 0 aromatic heterocycles. The van der Waals surface area contributed by atoms with Crippen LogP contribution < -0.4 is 10.4 Å². The Morgan fingerprint density at radius 2 is 2.13 bits per heavy atom. The summed E-state index contributed by atoms with van der Waals surface area (Å²) in [5, 5.41) is 17.2. The van der Waals surface area contributed by atoms with Gasteiger partial charge in [-0.25, -0.2) is 4.79 Å². The molecule has 0 aliphatic heterocycles. The molecule has 0 aliphatic rings. The fraction of sp³-hybridized carbons (Fsp3) is 0.125. The summed E-state index contributed by atoms with van der Waals surface area (Å²) >= 11 is 0. The van der Waals surface area contributed by atoms with Crippen LogP contribution in [-0.4, -0.2) is 30.4 Å². The first-order valence-electron chi connectivity index (χ1n) is 4.05. The van der Waals surface area contributed by atoms with Crippen molar-refractivity contribution in [1.29, 1.82) is 0 Å². The molecule has 0 atom stereocenters. The molecule has 6 nitrogen and oxygen atoms in total. The van der Waals surface area contributed by atoms with Crippen LogP contribution in [0.25, 0.3) is 0 Å². The summed E-state index contributed by atoms with van der Waals surface area (Å²) < 4.78 is 9.05. The van der Waals surface area contributed by atoms with Crippen LogP contribution in [0.5, 0.6) is 5.75 Å². The summed E-state index contributed by atoms with van der Waals surface area (Å²) in [7, 11) is -0.804. The van der Waals surface area contributed by atoms with Crippen LogP contribution in [0, 0.1) is 0 Å². The predicted octanol–water partition coefficient (Wildman–Crippen LogP) is -0.596. The lowest BCUT2D eigenvalue weighted by Crippen LogP contribution is -2.22. The van der Waals surface area contributed by atoms with Crippen molar-refractivity contribution >= 4 is 19.0 Å². The van der Waals surface area contributed by atoms with E-state index < -0.39 is 13.3 Å². The third-order valence-electron chi connectivity index (χ3n) is 1.64. The minimum atomic E-state index is -2.00. The van der Waals surface area contributed by atoms with Gasteiger partial charge in [-0.05, 0) is 18.2 Å². The van der Waals surface area contributed by atoms with E-state index in [1.54, 1.807) is 0 Å². The number of hydrogen-bond acceptors (Lipinski definition) is 6. The van der Waals surface area contributed by atoms with Gasteiger partial charge in [-0.3, -0.25) is 0 Å². The van der Waals surface area contributed by atoms with E-state index in [9.17, 15) is 4.79 Å². The van der Waals surface area contributed by atoms with Crippen LogP contribution in [0.2, 0.25) is 0 Å². The summed E-state index contributed by atoms with van der Waals surface area (Å²) in [5.74, 6) is -0.677. The average molecular weight is 211 g/mol. The zero-order valence-corrected chi connectivity index (χ0v) is 8.01. The number of esters is 1. The minimum absolute atomic E-state index is 0.00829. The predicted molar refractivity (Wildman–Crippen MR) is 53.0 cm³/mol. The molecule has 0 amide bonds. The first kappa shape index (κ1) is 11.4. The lowest BCUT2D eigenvalue weighted by Gasteiger charge is -2.09. The van der Waals surface area contributed by atoms with E-state index in [0.717, 1.165) is 0 Å². The Balaban J connectivity index is 3.08. The molecule has 0 bridgehead atoms. The van der Waals surface area contributed by atoms with Crippen LogP contribution in [-0.2, 0) is 4.74 Å². The van der Waals surface area contributed by atoms with Gasteiger partial charge >= 0.3 is 13.3 Å². The molecule has 1 aromatic rings. The number of carbonyl (C=O) groups excluding carboxylic acids is 1. The Labute approximate surface area is 86.4 Å². The maximum absolute atomic E-state index is 11.2. The highest BCUT2D eigenvalue weighted by Crippen LogP contribution is 2.22. The van der Waals surface area contributed by atoms with Gasteiger partial charge in [0.25, 0.3) is 0 Å². The molecule has 7 heteroatoms. The molecule has 0 fully saturated rings. The number of rotatable bonds is 3. The van der Waals surface area contributed by atoms with Gasteiger partial charge in [0.05, 0.1) is 7.11 Å².